The van der Waals surface area contributed by atoms with E-state index >= 15 is 0 Å². The van der Waals surface area contributed by atoms with E-state index in [-0.39, 0.29) is 6.03 Å². The molecule has 31 heavy (non-hydrogen) atoms. The molecular weight excluding hydrogens is 390 g/mol. The van der Waals surface area contributed by atoms with Crippen LogP contribution in [0.25, 0.3) is 0 Å². The number of benzene rings is 2. The van der Waals surface area contributed by atoms with Gasteiger partial charge in [-0.15, -0.1) is 0 Å². The van der Waals surface area contributed by atoms with Crippen LogP contribution in [0.4, 0.5) is 10.5 Å². The number of hydrogen-bond acceptors (Lipinski definition) is 4. The fraction of sp³-hybridized carbons (Fsp3) is 0.400. The smallest absolute Gasteiger partial charge is 0.323 e. The molecule has 0 fully saturated rings. The maximum Gasteiger partial charge on any atom is 0.323 e. The molecule has 0 saturated carbocycles. The third kappa shape index (κ3) is 8.72. The molecule has 0 saturated heterocycles. The topological polar surface area (TPSA) is 62.8 Å². The number of carbonyl (C=O) groups is 1. The number of urea groups is 1. The fourth-order valence-corrected chi connectivity index (χ4v) is 2.92. The first kappa shape index (κ1) is 24.3. The van der Waals surface area contributed by atoms with E-state index in [9.17, 15) is 4.79 Å². The normalized spacial score (nSPS) is 12.9. The highest BCUT2D eigenvalue weighted by molar-refractivity contribution is 5.89. The van der Waals surface area contributed by atoms with Crippen molar-refractivity contribution in [3.8, 4) is 5.75 Å². The van der Waals surface area contributed by atoms with Crippen LogP contribution in [0.3, 0.4) is 0 Å². The minimum atomic E-state index is -0.419. The van der Waals surface area contributed by atoms with Crippen molar-refractivity contribution in [1.29, 1.82) is 0 Å². The van der Waals surface area contributed by atoms with Gasteiger partial charge in [-0.2, -0.15) is 0 Å². The lowest BCUT2D eigenvalue weighted by molar-refractivity contribution is -0.0696. The van der Waals surface area contributed by atoms with Crippen LogP contribution < -0.4 is 15.4 Å². The number of nitrogens with one attached hydrogen (secondary N) is 2. The van der Waals surface area contributed by atoms with Crippen LogP contribution in [0.2, 0.25) is 0 Å². The predicted octanol–water partition coefficient (Wildman–Crippen LogP) is 5.56. The maximum absolute atomic E-state index is 12.6. The average molecular weight is 426 g/mol. The van der Waals surface area contributed by atoms with Gasteiger partial charge in [0.1, 0.15) is 5.75 Å². The summed E-state index contributed by atoms with van der Waals surface area (Å²) in [6, 6.07) is 17.3. The molecule has 0 aliphatic heterocycles. The monoisotopic (exact) mass is 425 g/mol. The number of hydrogen-bond donors (Lipinski definition) is 2. The number of nitrogens with zero attached hydrogens (tertiary/aromatic N) is 1. The Morgan fingerprint density at radius 1 is 1.10 bits per heavy atom. The summed E-state index contributed by atoms with van der Waals surface area (Å²) in [5.74, 6) is 1.31. The summed E-state index contributed by atoms with van der Waals surface area (Å²) >= 11 is 0. The fourth-order valence-electron chi connectivity index (χ4n) is 2.92. The molecule has 2 aromatic carbocycles. The highest BCUT2D eigenvalue weighted by atomic mass is 16.7. The molecule has 168 valence electrons. The van der Waals surface area contributed by atoms with Gasteiger partial charge in [-0.1, -0.05) is 50.3 Å². The van der Waals surface area contributed by atoms with Gasteiger partial charge in [0.25, 0.3) is 0 Å². The summed E-state index contributed by atoms with van der Waals surface area (Å²) in [6.45, 7) is 9.32. The van der Waals surface area contributed by atoms with Crippen LogP contribution in [0.5, 0.6) is 5.75 Å². The van der Waals surface area contributed by atoms with Crippen molar-refractivity contribution in [3.05, 3.63) is 72.4 Å². The molecule has 0 aliphatic carbocycles. The third-order valence-corrected chi connectivity index (χ3v) is 4.96. The lowest BCUT2D eigenvalue weighted by atomic mass is 9.99. The Bertz CT molecular complexity index is 793. The second-order valence-corrected chi connectivity index (χ2v) is 7.36. The van der Waals surface area contributed by atoms with Crippen LogP contribution >= 0.6 is 0 Å². The molecule has 0 radical (unpaired) electrons. The van der Waals surface area contributed by atoms with Crippen LogP contribution in [-0.2, 0) is 4.74 Å². The quantitative estimate of drug-likeness (QED) is 0.437. The summed E-state index contributed by atoms with van der Waals surface area (Å²) in [6.07, 6.45) is 4.37. The Morgan fingerprint density at radius 2 is 1.81 bits per heavy atom. The number of para-hydroxylation sites is 1. The van der Waals surface area contributed by atoms with Crippen molar-refractivity contribution in [3.63, 3.8) is 0 Å². The number of ether oxygens (including phenoxy) is 2. The summed E-state index contributed by atoms with van der Waals surface area (Å²) in [5.41, 5.74) is 2.05. The van der Waals surface area contributed by atoms with Gasteiger partial charge in [0, 0.05) is 12.2 Å². The largest absolute Gasteiger partial charge is 0.465 e. The van der Waals surface area contributed by atoms with E-state index in [4.69, 9.17) is 9.47 Å². The molecule has 0 aliphatic rings. The molecule has 2 atom stereocenters. The molecule has 2 N–H and O–H groups in total. The molecule has 0 bridgehead atoms. The van der Waals surface area contributed by atoms with E-state index in [0.717, 1.165) is 17.9 Å². The molecule has 2 rings (SSSR count). The number of amides is 2. The molecule has 2 amide bonds. The highest BCUT2D eigenvalue weighted by Crippen LogP contribution is 2.22. The van der Waals surface area contributed by atoms with Gasteiger partial charge in [0.15, 0.2) is 6.29 Å². The summed E-state index contributed by atoms with van der Waals surface area (Å²) in [5, 5.41) is 6.00. The third-order valence-electron chi connectivity index (χ3n) is 4.96. The molecule has 6 nitrogen and oxygen atoms in total. The first-order valence-electron chi connectivity index (χ1n) is 10.9. The van der Waals surface area contributed by atoms with Crippen molar-refractivity contribution in [2.24, 2.45) is 0 Å². The molecule has 2 aromatic rings. The minimum absolute atomic E-state index is 0.194. The van der Waals surface area contributed by atoms with Gasteiger partial charge < -0.3 is 25.0 Å². The first-order chi connectivity index (χ1) is 15.0. The van der Waals surface area contributed by atoms with Crippen molar-refractivity contribution in [2.45, 2.75) is 46.3 Å². The highest BCUT2D eigenvalue weighted by Gasteiger charge is 2.14. The molecule has 0 spiro atoms. The first-order valence-corrected chi connectivity index (χ1v) is 10.9. The second-order valence-electron chi connectivity index (χ2n) is 7.36. The molecular formula is C25H35N3O3. The summed E-state index contributed by atoms with van der Waals surface area (Å²) in [7, 11) is 0. The van der Waals surface area contributed by atoms with Crippen molar-refractivity contribution >= 4 is 11.7 Å². The van der Waals surface area contributed by atoms with Crippen LogP contribution in [0.15, 0.2) is 66.9 Å². The lowest BCUT2D eigenvalue weighted by Gasteiger charge is -2.24. The van der Waals surface area contributed by atoms with Crippen LogP contribution in [-0.4, -0.2) is 37.0 Å². The van der Waals surface area contributed by atoms with Gasteiger partial charge in [-0.05, 0) is 62.2 Å². The number of anilines is 1. The van der Waals surface area contributed by atoms with E-state index in [1.165, 1.54) is 5.56 Å². The standard InChI is InChI=1S/C25H35N3O3/c1-5-16-26-19-28(25(29)27-23-10-8-7-9-11-23)17-18-30-21(4)31-24-14-12-22(13-15-24)20(3)6-2/h5,7-16,20-21,26H,6,17-19H2,1-4H3,(H,27,29)/b16-5+. The van der Waals surface area contributed by atoms with E-state index in [1.54, 1.807) is 11.1 Å². The number of rotatable bonds is 12. The predicted molar refractivity (Wildman–Crippen MR) is 126 cm³/mol. The van der Waals surface area contributed by atoms with E-state index in [0.29, 0.717) is 25.7 Å². The maximum atomic E-state index is 12.6. The van der Waals surface area contributed by atoms with E-state index < -0.39 is 6.29 Å². The Balaban J connectivity index is 1.83. The van der Waals surface area contributed by atoms with E-state index in [1.807, 2.05) is 62.4 Å². The zero-order valence-electron chi connectivity index (χ0n) is 19.0. The molecule has 0 aromatic heterocycles. The van der Waals surface area contributed by atoms with Crippen LogP contribution in [0, 0.1) is 0 Å². The zero-order chi connectivity index (χ0) is 22.5. The van der Waals surface area contributed by atoms with Crippen molar-refractivity contribution in [1.82, 2.24) is 10.2 Å². The molecule has 6 heteroatoms. The Labute approximate surface area is 186 Å². The van der Waals surface area contributed by atoms with Gasteiger partial charge in [0.05, 0.1) is 13.3 Å². The second kappa shape index (κ2) is 13.3. The van der Waals surface area contributed by atoms with Gasteiger partial charge >= 0.3 is 6.03 Å². The van der Waals surface area contributed by atoms with Gasteiger partial charge in [0.2, 0.25) is 0 Å². The lowest BCUT2D eigenvalue weighted by Crippen LogP contribution is -2.42. The van der Waals surface area contributed by atoms with E-state index in [2.05, 4.69) is 36.6 Å². The zero-order valence-corrected chi connectivity index (χ0v) is 19.0. The Hall–Kier alpha value is -2.99. The Morgan fingerprint density at radius 3 is 2.45 bits per heavy atom. The summed E-state index contributed by atoms with van der Waals surface area (Å²) < 4.78 is 11.6. The molecule has 0 heterocycles. The van der Waals surface area contributed by atoms with Crippen LogP contribution in [0.1, 0.15) is 45.6 Å². The van der Waals surface area contributed by atoms with Crippen molar-refractivity contribution in [2.75, 3.05) is 25.1 Å². The average Bonchev–Trinajstić information content (AvgIpc) is 2.78. The number of carbonyl (C=O) groups excluding carboxylic acids is 1. The summed E-state index contributed by atoms with van der Waals surface area (Å²) in [4.78, 5) is 14.3. The van der Waals surface area contributed by atoms with Crippen molar-refractivity contribution < 1.29 is 14.3 Å². The van der Waals surface area contributed by atoms with Gasteiger partial charge in [-0.25, -0.2) is 4.79 Å². The Kier molecular flexibility index (Phi) is 10.4. The molecule has 2 unspecified atom stereocenters. The minimum Gasteiger partial charge on any atom is -0.465 e. The number of allylic oxidation sites excluding steroid dienone is 1. The SMILES string of the molecule is C/C=C/NCN(CCOC(C)Oc1ccc(C(C)CC)cc1)C(=O)Nc1ccccc1. The van der Waals surface area contributed by atoms with Gasteiger partial charge in [-0.3, -0.25) is 0 Å².